The number of aromatic nitrogens is 2. The Labute approximate surface area is 220 Å². The first kappa shape index (κ1) is 24.9. The molecule has 1 unspecified atom stereocenters. The van der Waals surface area contributed by atoms with Gasteiger partial charge < -0.3 is 9.42 Å². The van der Waals surface area contributed by atoms with E-state index >= 15 is 0 Å². The van der Waals surface area contributed by atoms with Crippen molar-refractivity contribution in [2.75, 3.05) is 13.1 Å². The van der Waals surface area contributed by atoms with Gasteiger partial charge >= 0.3 is 0 Å². The van der Waals surface area contributed by atoms with Gasteiger partial charge in [0.15, 0.2) is 5.82 Å². The van der Waals surface area contributed by atoms with Gasteiger partial charge in [-0.05, 0) is 23.1 Å². The molecule has 5 heteroatoms. The van der Waals surface area contributed by atoms with E-state index in [4.69, 9.17) is 14.5 Å². The average Bonchev–Trinajstić information content (AvgIpc) is 3.45. The summed E-state index contributed by atoms with van der Waals surface area (Å²) in [6, 6.07) is 32.1. The molecule has 5 nitrogen and oxygen atoms in total. The van der Waals surface area contributed by atoms with Crippen molar-refractivity contribution in [3.63, 3.8) is 0 Å². The Morgan fingerprint density at radius 2 is 1.35 bits per heavy atom. The molecule has 0 radical (unpaired) electrons. The zero-order valence-electron chi connectivity index (χ0n) is 21.7. The fourth-order valence-corrected chi connectivity index (χ4v) is 5.45. The van der Waals surface area contributed by atoms with Crippen molar-refractivity contribution in [1.29, 1.82) is 0 Å². The molecule has 0 bridgehead atoms. The maximum atomic E-state index is 5.80. The molecule has 0 saturated carbocycles. The minimum Gasteiger partial charge on any atom is -0.344 e. The number of unbranched alkanes of at least 4 members (excludes halogenated alkanes) is 4. The maximum Gasteiger partial charge on any atom is 0.233 e. The van der Waals surface area contributed by atoms with Gasteiger partial charge in [0.2, 0.25) is 5.89 Å². The lowest BCUT2D eigenvalue weighted by molar-refractivity contribution is 0.228. The second-order valence-electron chi connectivity index (χ2n) is 9.85. The minimum absolute atomic E-state index is 0.0295. The molecule has 1 atom stereocenters. The van der Waals surface area contributed by atoms with Crippen molar-refractivity contribution < 1.29 is 4.52 Å². The van der Waals surface area contributed by atoms with E-state index in [1.807, 2.05) is 6.34 Å². The molecule has 0 N–H and O–H groups in total. The summed E-state index contributed by atoms with van der Waals surface area (Å²) in [6.07, 6.45) is 9.01. The molecule has 2 heterocycles. The van der Waals surface area contributed by atoms with Gasteiger partial charge in [0.1, 0.15) is 5.54 Å². The van der Waals surface area contributed by atoms with E-state index < -0.39 is 5.54 Å². The lowest BCUT2D eigenvalue weighted by Crippen LogP contribution is -2.50. The summed E-state index contributed by atoms with van der Waals surface area (Å²) >= 11 is 0. The molecule has 0 amide bonds. The van der Waals surface area contributed by atoms with Crippen LogP contribution in [-0.2, 0) is 12.0 Å². The molecule has 190 valence electrons. The van der Waals surface area contributed by atoms with Crippen LogP contribution >= 0.6 is 0 Å². The third kappa shape index (κ3) is 5.36. The van der Waals surface area contributed by atoms with E-state index in [2.05, 4.69) is 108 Å². The fourth-order valence-electron chi connectivity index (χ4n) is 5.45. The van der Waals surface area contributed by atoms with Gasteiger partial charge in [-0.2, -0.15) is 4.98 Å². The first-order valence-electron chi connectivity index (χ1n) is 13.6. The van der Waals surface area contributed by atoms with Crippen molar-refractivity contribution in [1.82, 2.24) is 15.0 Å². The van der Waals surface area contributed by atoms with Crippen molar-refractivity contribution in [3.05, 3.63) is 119 Å². The zero-order valence-corrected chi connectivity index (χ0v) is 21.7. The van der Waals surface area contributed by atoms with Crippen LogP contribution in [0.1, 0.15) is 73.4 Å². The van der Waals surface area contributed by atoms with Crippen LogP contribution in [0.15, 0.2) is 101 Å². The highest BCUT2D eigenvalue weighted by molar-refractivity contribution is 5.64. The molecule has 0 saturated heterocycles. The van der Waals surface area contributed by atoms with Crippen LogP contribution in [0.2, 0.25) is 0 Å². The number of benzene rings is 3. The van der Waals surface area contributed by atoms with Crippen LogP contribution in [0.25, 0.3) is 0 Å². The number of rotatable bonds is 11. The standard InChI is InChI=1S/C32H36N4O/c1-2-3-4-5-15-22-30-34-31(37-35-30)26-23-33-25-36(24-26)32(27-16-9-6-10-17-27,28-18-11-7-12-19-28)29-20-13-8-14-21-29/h6-14,16-21,25-26H,2-5,15,22-24H2,1H3. The van der Waals surface area contributed by atoms with Gasteiger partial charge in [0.05, 0.1) is 18.8 Å². The Hall–Kier alpha value is -3.73. The van der Waals surface area contributed by atoms with Crippen LogP contribution in [0.4, 0.5) is 0 Å². The van der Waals surface area contributed by atoms with Crippen molar-refractivity contribution in [2.24, 2.45) is 4.99 Å². The Balaban J connectivity index is 1.48. The van der Waals surface area contributed by atoms with Crippen LogP contribution in [0.3, 0.4) is 0 Å². The Kier molecular flexibility index (Phi) is 8.09. The Morgan fingerprint density at radius 3 is 1.92 bits per heavy atom. The van der Waals surface area contributed by atoms with Gasteiger partial charge in [-0.15, -0.1) is 0 Å². The largest absolute Gasteiger partial charge is 0.344 e. The zero-order chi connectivity index (χ0) is 25.3. The van der Waals surface area contributed by atoms with Crippen LogP contribution in [0.5, 0.6) is 0 Å². The molecule has 37 heavy (non-hydrogen) atoms. The van der Waals surface area contributed by atoms with Gasteiger partial charge in [-0.25, -0.2) is 0 Å². The summed E-state index contributed by atoms with van der Waals surface area (Å²) in [4.78, 5) is 12.0. The summed E-state index contributed by atoms with van der Waals surface area (Å²) in [6.45, 7) is 3.60. The molecule has 1 aromatic heterocycles. The number of hydrogen-bond donors (Lipinski definition) is 0. The average molecular weight is 493 g/mol. The molecule has 5 rings (SSSR count). The summed E-state index contributed by atoms with van der Waals surface area (Å²) in [5.41, 5.74) is 3.03. The van der Waals surface area contributed by atoms with Crippen molar-refractivity contribution in [3.8, 4) is 0 Å². The van der Waals surface area contributed by atoms with Crippen molar-refractivity contribution in [2.45, 2.75) is 56.9 Å². The number of aryl methyl sites for hydroxylation is 1. The molecule has 1 aliphatic heterocycles. The minimum atomic E-state index is -0.548. The molecular weight excluding hydrogens is 456 g/mol. The van der Waals surface area contributed by atoms with E-state index in [1.54, 1.807) is 0 Å². The lowest BCUT2D eigenvalue weighted by atomic mass is 9.75. The normalized spacial score (nSPS) is 15.7. The molecule has 0 aliphatic carbocycles. The molecular formula is C32H36N4O. The Morgan fingerprint density at radius 1 is 0.784 bits per heavy atom. The van der Waals surface area contributed by atoms with Gasteiger partial charge in [0.25, 0.3) is 0 Å². The lowest BCUT2D eigenvalue weighted by Gasteiger charge is -2.46. The second kappa shape index (κ2) is 12.0. The van der Waals surface area contributed by atoms with E-state index in [0.717, 1.165) is 25.2 Å². The summed E-state index contributed by atoms with van der Waals surface area (Å²) in [5.74, 6) is 1.53. The second-order valence-corrected chi connectivity index (χ2v) is 9.85. The predicted octanol–water partition coefficient (Wildman–Crippen LogP) is 7.00. The van der Waals surface area contributed by atoms with E-state index in [9.17, 15) is 0 Å². The van der Waals surface area contributed by atoms with E-state index in [-0.39, 0.29) is 5.92 Å². The van der Waals surface area contributed by atoms with Gasteiger partial charge in [0, 0.05) is 13.0 Å². The summed E-state index contributed by atoms with van der Waals surface area (Å²) < 4.78 is 5.80. The quantitative estimate of drug-likeness (QED) is 0.167. The highest BCUT2D eigenvalue weighted by Gasteiger charge is 2.43. The molecule has 1 aliphatic rings. The fraction of sp³-hybridized carbons (Fsp3) is 0.344. The third-order valence-electron chi connectivity index (χ3n) is 7.31. The van der Waals surface area contributed by atoms with E-state index in [1.165, 1.54) is 42.4 Å². The van der Waals surface area contributed by atoms with Gasteiger partial charge in [-0.1, -0.05) is 129 Å². The summed E-state index contributed by atoms with van der Waals surface area (Å²) in [5, 5.41) is 4.31. The number of nitrogens with zero attached hydrogens (tertiary/aromatic N) is 4. The smallest absolute Gasteiger partial charge is 0.233 e. The third-order valence-corrected chi connectivity index (χ3v) is 7.31. The predicted molar refractivity (Wildman–Crippen MR) is 149 cm³/mol. The molecule has 0 fully saturated rings. The van der Waals surface area contributed by atoms with Crippen molar-refractivity contribution >= 4 is 6.34 Å². The first-order chi connectivity index (χ1) is 18.3. The van der Waals surface area contributed by atoms with Crippen LogP contribution in [0, 0.1) is 0 Å². The highest BCUT2D eigenvalue weighted by Crippen LogP contribution is 2.43. The number of hydrogen-bond acceptors (Lipinski definition) is 5. The first-order valence-corrected chi connectivity index (χ1v) is 13.6. The monoisotopic (exact) mass is 492 g/mol. The SMILES string of the molecule is CCCCCCCc1noc(C2CN=CN(C(c3ccccc3)(c3ccccc3)c3ccccc3)C2)n1. The van der Waals surface area contributed by atoms with E-state index in [0.29, 0.717) is 12.4 Å². The van der Waals surface area contributed by atoms with Crippen LogP contribution < -0.4 is 0 Å². The number of aliphatic imine (C=N–C) groups is 1. The van der Waals surface area contributed by atoms with Gasteiger partial charge in [-0.3, -0.25) is 4.99 Å². The topological polar surface area (TPSA) is 54.5 Å². The molecule has 3 aromatic carbocycles. The summed E-state index contributed by atoms with van der Waals surface area (Å²) in [7, 11) is 0. The van der Waals surface area contributed by atoms with Crippen LogP contribution in [-0.4, -0.2) is 34.5 Å². The Bertz CT molecular complexity index is 1160. The highest BCUT2D eigenvalue weighted by atomic mass is 16.5. The maximum absolute atomic E-state index is 5.80. The molecule has 0 spiro atoms. The molecule has 4 aromatic rings.